The van der Waals surface area contributed by atoms with E-state index in [2.05, 4.69) is 20.7 Å². The topological polar surface area (TPSA) is 89.3 Å². The minimum absolute atomic E-state index is 0.0728. The lowest BCUT2D eigenvalue weighted by atomic mass is 10.3. The van der Waals surface area contributed by atoms with Gasteiger partial charge in [0.25, 0.3) is 15.7 Å². The molecule has 0 bridgehead atoms. The van der Waals surface area contributed by atoms with Crippen molar-refractivity contribution in [3.05, 3.63) is 48.1 Å². The zero-order valence-corrected chi connectivity index (χ0v) is 14.4. The Morgan fingerprint density at radius 3 is 2.57 bits per heavy atom. The van der Waals surface area contributed by atoms with Gasteiger partial charge in [-0.25, -0.2) is 8.42 Å². The van der Waals surface area contributed by atoms with Crippen molar-refractivity contribution in [1.29, 1.82) is 0 Å². The van der Waals surface area contributed by atoms with Crippen LogP contribution in [0.1, 0.15) is 4.88 Å². The van der Waals surface area contributed by atoms with Gasteiger partial charge in [-0.05, 0) is 41.1 Å². The molecule has 0 radical (unpaired) electrons. The summed E-state index contributed by atoms with van der Waals surface area (Å²) in [7, 11) is -3.91. The summed E-state index contributed by atoms with van der Waals surface area (Å²) in [5, 5.41) is 11.1. The van der Waals surface area contributed by atoms with Gasteiger partial charge in [-0.2, -0.15) is 0 Å². The molecule has 1 aromatic carbocycles. The number of halogens is 2. The van der Waals surface area contributed by atoms with Crippen molar-refractivity contribution in [2.24, 2.45) is 0 Å². The van der Waals surface area contributed by atoms with Crippen LogP contribution in [0, 0.1) is 17.0 Å². The van der Waals surface area contributed by atoms with Crippen molar-refractivity contribution in [3.63, 3.8) is 0 Å². The Kier molecular flexibility index (Phi) is 4.57. The van der Waals surface area contributed by atoms with E-state index in [0.29, 0.717) is 8.66 Å². The first-order valence-electron chi connectivity index (χ1n) is 5.43. The second-order valence-corrected chi connectivity index (χ2v) is 8.72. The fourth-order valence-electron chi connectivity index (χ4n) is 1.64. The van der Waals surface area contributed by atoms with E-state index >= 15 is 0 Å². The number of benzene rings is 1. The Morgan fingerprint density at radius 2 is 2.05 bits per heavy atom. The van der Waals surface area contributed by atoms with Crippen molar-refractivity contribution in [3.8, 4) is 0 Å². The molecule has 2 aromatic rings. The van der Waals surface area contributed by atoms with Gasteiger partial charge in [0, 0.05) is 16.0 Å². The highest BCUT2D eigenvalue weighted by atomic mass is 79.9. The molecule has 0 aliphatic carbocycles. The first kappa shape index (κ1) is 16.2. The summed E-state index contributed by atoms with van der Waals surface area (Å²) in [4.78, 5) is 10.9. The van der Waals surface area contributed by atoms with Crippen molar-refractivity contribution in [2.75, 3.05) is 4.72 Å². The molecule has 1 aromatic heterocycles. The van der Waals surface area contributed by atoms with E-state index in [1.54, 1.807) is 6.92 Å². The summed E-state index contributed by atoms with van der Waals surface area (Å²) in [5.41, 5.74) is -0.538. The Balaban J connectivity index is 2.47. The predicted molar refractivity (Wildman–Crippen MR) is 85.7 cm³/mol. The molecule has 21 heavy (non-hydrogen) atoms. The standard InChI is InChI=1S/C11H8BrClN2O4S2/c1-6-10(5-11(12)20-6)21(18,19)14-8-3-2-7(13)4-9(8)15(16)17/h2-5,14H,1H3. The summed E-state index contributed by atoms with van der Waals surface area (Å²) >= 11 is 10.2. The molecule has 10 heteroatoms. The van der Waals surface area contributed by atoms with Crippen LogP contribution >= 0.6 is 38.9 Å². The van der Waals surface area contributed by atoms with Crippen LogP contribution in [0.25, 0.3) is 0 Å². The average molecular weight is 412 g/mol. The third kappa shape index (κ3) is 3.54. The number of nitro groups is 1. The number of hydrogen-bond donors (Lipinski definition) is 1. The molecule has 0 aliphatic rings. The van der Waals surface area contributed by atoms with Crippen LogP contribution in [0.3, 0.4) is 0 Å². The Morgan fingerprint density at radius 1 is 1.38 bits per heavy atom. The van der Waals surface area contributed by atoms with Gasteiger partial charge in [0.1, 0.15) is 10.6 Å². The lowest BCUT2D eigenvalue weighted by Crippen LogP contribution is -2.14. The number of nitrogens with one attached hydrogen (secondary N) is 1. The monoisotopic (exact) mass is 410 g/mol. The zero-order chi connectivity index (χ0) is 15.8. The summed E-state index contributed by atoms with van der Waals surface area (Å²) in [5.74, 6) is 0. The van der Waals surface area contributed by atoms with Crippen molar-refractivity contribution in [2.45, 2.75) is 11.8 Å². The lowest BCUT2D eigenvalue weighted by molar-refractivity contribution is -0.383. The maximum atomic E-state index is 12.3. The van der Waals surface area contributed by atoms with Gasteiger partial charge < -0.3 is 0 Å². The van der Waals surface area contributed by atoms with Gasteiger partial charge in [0.2, 0.25) is 0 Å². The van der Waals surface area contributed by atoms with Crippen LogP contribution in [0.15, 0.2) is 32.9 Å². The highest BCUT2D eigenvalue weighted by molar-refractivity contribution is 9.11. The highest BCUT2D eigenvalue weighted by Gasteiger charge is 2.24. The summed E-state index contributed by atoms with van der Waals surface area (Å²) in [6, 6.07) is 5.18. The van der Waals surface area contributed by atoms with Gasteiger partial charge >= 0.3 is 0 Å². The number of rotatable bonds is 4. The summed E-state index contributed by atoms with van der Waals surface area (Å²) in [6.45, 7) is 1.65. The van der Waals surface area contributed by atoms with Gasteiger partial charge in [-0.3, -0.25) is 14.8 Å². The summed E-state index contributed by atoms with van der Waals surface area (Å²) in [6.07, 6.45) is 0. The molecule has 0 spiro atoms. The maximum absolute atomic E-state index is 12.3. The Hall–Kier alpha value is -1.16. The minimum Gasteiger partial charge on any atom is -0.273 e. The zero-order valence-electron chi connectivity index (χ0n) is 10.5. The van der Waals surface area contributed by atoms with Gasteiger partial charge in [-0.15, -0.1) is 11.3 Å². The first-order valence-corrected chi connectivity index (χ1v) is 8.90. The molecular formula is C11H8BrClN2O4S2. The molecule has 0 atom stereocenters. The second kappa shape index (κ2) is 5.91. The van der Waals surface area contributed by atoms with Gasteiger partial charge in [-0.1, -0.05) is 11.6 Å². The van der Waals surface area contributed by atoms with Crippen LogP contribution in [-0.4, -0.2) is 13.3 Å². The van der Waals surface area contributed by atoms with Gasteiger partial charge in [0.05, 0.1) is 8.71 Å². The minimum atomic E-state index is -3.91. The third-order valence-corrected chi connectivity index (χ3v) is 5.94. The normalized spacial score (nSPS) is 11.4. The van der Waals surface area contributed by atoms with Crippen LogP contribution in [0.4, 0.5) is 11.4 Å². The van der Waals surface area contributed by atoms with Crippen LogP contribution in [0.5, 0.6) is 0 Å². The number of sulfonamides is 1. The number of nitrogens with zero attached hydrogens (tertiary/aromatic N) is 1. The van der Waals surface area contributed by atoms with Crippen molar-refractivity contribution >= 4 is 60.3 Å². The number of anilines is 1. The van der Waals surface area contributed by atoms with Crippen molar-refractivity contribution < 1.29 is 13.3 Å². The number of nitro benzene ring substituents is 1. The van der Waals surface area contributed by atoms with E-state index in [1.165, 1.54) is 29.5 Å². The highest BCUT2D eigenvalue weighted by Crippen LogP contribution is 2.33. The van der Waals surface area contributed by atoms with E-state index < -0.39 is 20.6 Å². The number of thiophene rings is 1. The molecule has 6 nitrogen and oxygen atoms in total. The molecule has 1 N–H and O–H groups in total. The van der Waals surface area contributed by atoms with Crippen LogP contribution < -0.4 is 4.72 Å². The van der Waals surface area contributed by atoms with Crippen molar-refractivity contribution in [1.82, 2.24) is 0 Å². The van der Waals surface area contributed by atoms with E-state index in [4.69, 9.17) is 11.6 Å². The number of hydrogen-bond acceptors (Lipinski definition) is 5. The van der Waals surface area contributed by atoms with Gasteiger partial charge in [0.15, 0.2) is 0 Å². The lowest BCUT2D eigenvalue weighted by Gasteiger charge is -2.08. The van der Waals surface area contributed by atoms with Crippen LogP contribution in [0.2, 0.25) is 5.02 Å². The summed E-state index contributed by atoms with van der Waals surface area (Å²) < 4.78 is 27.5. The molecule has 0 fully saturated rings. The Bertz CT molecular complexity index is 820. The largest absolute Gasteiger partial charge is 0.294 e. The SMILES string of the molecule is Cc1sc(Br)cc1S(=O)(=O)Nc1ccc(Cl)cc1[N+](=O)[O-]. The molecular weight excluding hydrogens is 404 g/mol. The van der Waals surface area contributed by atoms with E-state index in [1.807, 2.05) is 0 Å². The second-order valence-electron chi connectivity index (χ2n) is 4.00. The molecule has 0 saturated heterocycles. The van der Waals surface area contributed by atoms with E-state index in [-0.39, 0.29) is 15.6 Å². The quantitative estimate of drug-likeness (QED) is 0.603. The van der Waals surface area contributed by atoms with Crippen LogP contribution in [-0.2, 0) is 10.0 Å². The molecule has 0 amide bonds. The maximum Gasteiger partial charge on any atom is 0.294 e. The fourth-order valence-corrected chi connectivity index (χ4v) is 5.30. The molecule has 0 aliphatic heterocycles. The molecule has 0 saturated carbocycles. The number of aryl methyl sites for hydroxylation is 1. The fraction of sp³-hybridized carbons (Fsp3) is 0.0909. The molecule has 0 unspecified atom stereocenters. The third-order valence-electron chi connectivity index (χ3n) is 2.53. The first-order chi connectivity index (χ1) is 9.70. The predicted octanol–water partition coefficient (Wildman–Crippen LogP) is 4.18. The molecule has 2 rings (SSSR count). The Labute approximate surface area is 138 Å². The van der Waals surface area contributed by atoms with E-state index in [0.717, 1.165) is 6.07 Å². The smallest absolute Gasteiger partial charge is 0.273 e. The molecule has 1 heterocycles. The average Bonchev–Trinajstić information content (AvgIpc) is 2.71. The van der Waals surface area contributed by atoms with E-state index in [9.17, 15) is 18.5 Å². The molecule has 112 valence electrons.